The molecule has 0 fully saturated rings. The lowest BCUT2D eigenvalue weighted by atomic mass is 10.1. The Kier molecular flexibility index (Phi) is 5.65. The van der Waals surface area contributed by atoms with Crippen molar-refractivity contribution in [2.24, 2.45) is 4.40 Å². The lowest BCUT2D eigenvalue weighted by molar-refractivity contribution is -0.129. The molecule has 6 nitrogen and oxygen atoms in total. The van der Waals surface area contributed by atoms with Crippen LogP contribution in [0.1, 0.15) is 19.4 Å². The van der Waals surface area contributed by atoms with Gasteiger partial charge in [-0.2, -0.15) is 0 Å². The van der Waals surface area contributed by atoms with E-state index in [1.807, 2.05) is 19.9 Å². The number of benzene rings is 1. The molecule has 0 bridgehead atoms. The summed E-state index contributed by atoms with van der Waals surface area (Å²) in [4.78, 5) is 16.5. The van der Waals surface area contributed by atoms with Crippen LogP contribution >= 0.6 is 23.2 Å². The number of carbonyl (C=O) groups excluding carboxylic acids is 1. The van der Waals surface area contributed by atoms with Gasteiger partial charge in [0.25, 0.3) is 15.9 Å². The van der Waals surface area contributed by atoms with Gasteiger partial charge in [-0.25, -0.2) is 8.42 Å². The van der Waals surface area contributed by atoms with Crippen molar-refractivity contribution in [3.05, 3.63) is 57.7 Å². The number of hydrogen-bond acceptors (Lipinski definition) is 4. The molecule has 0 saturated heterocycles. The quantitative estimate of drug-likeness (QED) is 0.739. The van der Waals surface area contributed by atoms with E-state index >= 15 is 0 Å². The molecule has 1 amide bonds. The molecule has 0 saturated carbocycles. The molecule has 1 aromatic carbocycles. The highest BCUT2D eigenvalue weighted by molar-refractivity contribution is 7.90. The first-order valence-electron chi connectivity index (χ1n) is 8.40. The number of amides is 1. The minimum absolute atomic E-state index is 0.0435. The molecule has 3 rings (SSSR count). The van der Waals surface area contributed by atoms with E-state index in [-0.39, 0.29) is 24.2 Å². The zero-order chi connectivity index (χ0) is 19.8. The van der Waals surface area contributed by atoms with E-state index < -0.39 is 10.0 Å². The average Bonchev–Trinajstić information content (AvgIpc) is 2.60. The van der Waals surface area contributed by atoms with Gasteiger partial charge in [-0.15, -0.1) is 4.40 Å². The molecule has 2 aliphatic rings. The summed E-state index contributed by atoms with van der Waals surface area (Å²) in [6.07, 6.45) is 4.81. The van der Waals surface area contributed by atoms with Gasteiger partial charge in [0.2, 0.25) is 0 Å². The second kappa shape index (κ2) is 7.66. The van der Waals surface area contributed by atoms with Crippen molar-refractivity contribution in [2.45, 2.75) is 26.4 Å². The van der Waals surface area contributed by atoms with Crippen molar-refractivity contribution in [1.29, 1.82) is 0 Å². The second-order valence-electron chi connectivity index (χ2n) is 6.62. The highest BCUT2D eigenvalue weighted by Crippen LogP contribution is 2.25. The van der Waals surface area contributed by atoms with Crippen LogP contribution < -0.4 is 0 Å². The molecular formula is C18H19Cl2N3O3S. The number of amidine groups is 1. The molecule has 0 atom stereocenters. The van der Waals surface area contributed by atoms with Gasteiger partial charge in [0.1, 0.15) is 5.84 Å². The van der Waals surface area contributed by atoms with Gasteiger partial charge < -0.3 is 9.80 Å². The molecule has 0 aromatic heterocycles. The Labute approximate surface area is 168 Å². The second-order valence-corrected chi connectivity index (χ2v) is 9.19. The number of sulfonamides is 1. The molecule has 2 aliphatic heterocycles. The van der Waals surface area contributed by atoms with E-state index in [1.54, 1.807) is 40.3 Å². The Morgan fingerprint density at radius 1 is 1.26 bits per heavy atom. The van der Waals surface area contributed by atoms with Crippen LogP contribution in [0.25, 0.3) is 0 Å². The van der Waals surface area contributed by atoms with Crippen LogP contribution in [-0.4, -0.2) is 48.3 Å². The van der Waals surface area contributed by atoms with E-state index in [9.17, 15) is 13.2 Å². The minimum atomic E-state index is -3.42. The third-order valence-corrected chi connectivity index (χ3v) is 6.19. The van der Waals surface area contributed by atoms with Gasteiger partial charge in [0, 0.05) is 25.3 Å². The minimum Gasteiger partial charge on any atom is -0.332 e. The van der Waals surface area contributed by atoms with Crippen molar-refractivity contribution in [1.82, 2.24) is 9.80 Å². The standard InChI is InChI=1S/C18H19Cl2N3O3S/c1-12(2)23(10-13-3-5-15(19)16(20)9-13)18(24)14-4-6-17-21-27(25,26)8-7-22(17)11-14/h3-6,9,11-12H,7-8,10H2,1-2H3. The SMILES string of the molecule is CC(C)N(Cc1ccc(Cl)c(Cl)c1)C(=O)C1=CN2CCS(=O)(=O)N=C2C=C1. The maximum absolute atomic E-state index is 13.1. The zero-order valence-corrected chi connectivity index (χ0v) is 17.2. The van der Waals surface area contributed by atoms with Crippen LogP contribution in [-0.2, 0) is 21.4 Å². The molecule has 0 unspecified atom stereocenters. The van der Waals surface area contributed by atoms with Crippen LogP contribution in [0.2, 0.25) is 10.0 Å². The maximum atomic E-state index is 13.1. The molecule has 0 radical (unpaired) electrons. The van der Waals surface area contributed by atoms with Gasteiger partial charge in [0.05, 0.1) is 21.4 Å². The van der Waals surface area contributed by atoms with Crippen molar-refractivity contribution in [2.75, 3.05) is 12.3 Å². The first kappa shape index (κ1) is 19.9. The van der Waals surface area contributed by atoms with Crippen LogP contribution in [0.4, 0.5) is 0 Å². The average molecular weight is 428 g/mol. The summed E-state index contributed by atoms with van der Waals surface area (Å²) >= 11 is 12.0. The van der Waals surface area contributed by atoms with Crippen LogP contribution in [0.3, 0.4) is 0 Å². The number of carbonyl (C=O) groups is 1. The summed E-state index contributed by atoms with van der Waals surface area (Å²) in [5.41, 5.74) is 1.35. The third kappa shape index (κ3) is 4.54. The number of hydrogen-bond donors (Lipinski definition) is 0. The fourth-order valence-electron chi connectivity index (χ4n) is 2.82. The Morgan fingerprint density at radius 3 is 2.67 bits per heavy atom. The number of fused-ring (bicyclic) bond motifs is 1. The van der Waals surface area contributed by atoms with E-state index in [2.05, 4.69) is 4.40 Å². The molecular weight excluding hydrogens is 409 g/mol. The maximum Gasteiger partial charge on any atom is 0.256 e. The molecule has 2 heterocycles. The Hall–Kier alpha value is -1.83. The number of rotatable bonds is 4. The lowest BCUT2D eigenvalue weighted by Gasteiger charge is -2.31. The summed E-state index contributed by atoms with van der Waals surface area (Å²) < 4.78 is 26.9. The predicted octanol–water partition coefficient (Wildman–Crippen LogP) is 3.23. The van der Waals surface area contributed by atoms with E-state index in [4.69, 9.17) is 23.2 Å². The summed E-state index contributed by atoms with van der Waals surface area (Å²) in [5, 5.41) is 0.908. The first-order valence-corrected chi connectivity index (χ1v) is 10.8. The van der Waals surface area contributed by atoms with Crippen molar-refractivity contribution >= 4 is 45.0 Å². The molecule has 0 N–H and O–H groups in total. The fourth-order valence-corrected chi connectivity index (χ4v) is 4.11. The molecule has 27 heavy (non-hydrogen) atoms. The predicted molar refractivity (Wildman–Crippen MR) is 107 cm³/mol. The molecule has 0 aliphatic carbocycles. The van der Waals surface area contributed by atoms with Gasteiger partial charge in [-0.1, -0.05) is 29.3 Å². The third-order valence-electron chi connectivity index (χ3n) is 4.29. The normalized spacial score (nSPS) is 18.0. The summed E-state index contributed by atoms with van der Waals surface area (Å²) in [7, 11) is -3.42. The number of nitrogens with zero attached hydrogens (tertiary/aromatic N) is 3. The Bertz CT molecular complexity index is 968. The van der Waals surface area contributed by atoms with E-state index in [0.717, 1.165) is 5.56 Å². The van der Waals surface area contributed by atoms with Crippen molar-refractivity contribution in [3.63, 3.8) is 0 Å². The Morgan fingerprint density at radius 2 is 2.00 bits per heavy atom. The lowest BCUT2D eigenvalue weighted by Crippen LogP contribution is -2.40. The summed E-state index contributed by atoms with van der Waals surface area (Å²) in [5.74, 6) is 0.109. The molecule has 9 heteroatoms. The van der Waals surface area contributed by atoms with Gasteiger partial charge >= 0.3 is 0 Å². The van der Waals surface area contributed by atoms with E-state index in [0.29, 0.717) is 28.0 Å². The van der Waals surface area contributed by atoms with Gasteiger partial charge in [-0.05, 0) is 43.7 Å². The molecule has 1 aromatic rings. The van der Waals surface area contributed by atoms with Crippen molar-refractivity contribution < 1.29 is 13.2 Å². The first-order chi connectivity index (χ1) is 12.7. The van der Waals surface area contributed by atoms with Crippen molar-refractivity contribution in [3.8, 4) is 0 Å². The van der Waals surface area contributed by atoms with E-state index in [1.165, 1.54) is 0 Å². The smallest absolute Gasteiger partial charge is 0.256 e. The zero-order valence-electron chi connectivity index (χ0n) is 14.9. The topological polar surface area (TPSA) is 70.1 Å². The Balaban J connectivity index is 1.83. The summed E-state index contributed by atoms with van der Waals surface area (Å²) in [6.45, 7) is 4.52. The molecule has 144 valence electrons. The fraction of sp³-hybridized carbons (Fsp3) is 0.333. The monoisotopic (exact) mass is 427 g/mol. The van der Waals surface area contributed by atoms with Gasteiger partial charge in [0.15, 0.2) is 0 Å². The van der Waals surface area contributed by atoms with Crippen LogP contribution in [0.15, 0.2) is 46.5 Å². The highest BCUT2D eigenvalue weighted by atomic mass is 35.5. The molecule has 0 spiro atoms. The van der Waals surface area contributed by atoms with Crippen LogP contribution in [0, 0.1) is 0 Å². The largest absolute Gasteiger partial charge is 0.332 e. The summed E-state index contributed by atoms with van der Waals surface area (Å²) in [6, 6.07) is 5.25. The number of halogens is 2. The highest BCUT2D eigenvalue weighted by Gasteiger charge is 2.27. The van der Waals surface area contributed by atoms with Gasteiger partial charge in [-0.3, -0.25) is 4.79 Å². The van der Waals surface area contributed by atoms with Crippen LogP contribution in [0.5, 0.6) is 0 Å².